The first-order valence-corrected chi connectivity index (χ1v) is 9.11. The lowest BCUT2D eigenvalue weighted by molar-refractivity contribution is -0.125. The Morgan fingerprint density at radius 3 is 3.08 bits per heavy atom. The Morgan fingerprint density at radius 2 is 2.29 bits per heavy atom. The molecule has 2 N–H and O–H groups in total. The van der Waals surface area contributed by atoms with Gasteiger partial charge in [-0.05, 0) is 31.0 Å². The number of amides is 3. The number of fused-ring (bicyclic) bond motifs is 1. The summed E-state index contributed by atoms with van der Waals surface area (Å²) < 4.78 is 1.09. The zero-order chi connectivity index (χ0) is 16.7. The number of hydrogen-bond donors (Lipinski definition) is 2. The average molecular weight is 365 g/mol. The van der Waals surface area contributed by atoms with Crippen molar-refractivity contribution in [2.75, 3.05) is 19.6 Å². The fourth-order valence-corrected chi connectivity index (χ4v) is 4.10. The highest BCUT2D eigenvalue weighted by Gasteiger charge is 2.49. The van der Waals surface area contributed by atoms with E-state index in [0.29, 0.717) is 24.5 Å². The molecule has 3 amide bonds. The number of rotatable bonds is 3. The molecule has 1 saturated heterocycles. The second-order valence-corrected chi connectivity index (χ2v) is 7.94. The minimum atomic E-state index is -0.180. The van der Waals surface area contributed by atoms with Gasteiger partial charge in [0, 0.05) is 24.5 Å². The first-order chi connectivity index (χ1) is 11.5. The summed E-state index contributed by atoms with van der Waals surface area (Å²) in [6.07, 6.45) is 2.57. The number of thiazole rings is 1. The quantitative estimate of drug-likeness (QED) is 0.876. The monoisotopic (exact) mass is 364 g/mol. The van der Waals surface area contributed by atoms with Gasteiger partial charge in [0.2, 0.25) is 5.91 Å². The van der Waals surface area contributed by atoms with Crippen LogP contribution in [0.2, 0.25) is 5.02 Å². The van der Waals surface area contributed by atoms with Crippen LogP contribution in [-0.4, -0.2) is 47.0 Å². The van der Waals surface area contributed by atoms with Crippen LogP contribution in [0.1, 0.15) is 17.8 Å². The van der Waals surface area contributed by atoms with E-state index in [1.165, 1.54) is 0 Å². The molecule has 2 aromatic rings. The summed E-state index contributed by atoms with van der Waals surface area (Å²) in [5, 5.41) is 7.50. The van der Waals surface area contributed by atoms with E-state index in [-0.39, 0.29) is 24.0 Å². The molecule has 1 aliphatic heterocycles. The van der Waals surface area contributed by atoms with Gasteiger partial charge in [-0.25, -0.2) is 9.78 Å². The molecule has 8 heteroatoms. The number of halogens is 1. The van der Waals surface area contributed by atoms with Gasteiger partial charge in [0.05, 0.1) is 20.8 Å². The number of hydrogen-bond acceptors (Lipinski definition) is 4. The number of carbonyl (C=O) groups is 2. The molecule has 0 radical (unpaired) electrons. The molecule has 2 fully saturated rings. The van der Waals surface area contributed by atoms with Crippen LogP contribution >= 0.6 is 22.9 Å². The SMILES string of the molecule is O=C1CN(C(=O)NCCc2nc3cc(Cl)ccc3s2)CC2(CC2)N1. The number of nitrogens with zero attached hydrogens (tertiary/aromatic N) is 2. The van der Waals surface area contributed by atoms with Gasteiger partial charge in [-0.3, -0.25) is 4.79 Å². The number of piperazine rings is 1. The Hall–Kier alpha value is -1.86. The highest BCUT2D eigenvalue weighted by atomic mass is 35.5. The minimum Gasteiger partial charge on any atom is -0.347 e. The molecule has 0 atom stereocenters. The fraction of sp³-hybridized carbons (Fsp3) is 0.438. The maximum Gasteiger partial charge on any atom is 0.317 e. The van der Waals surface area contributed by atoms with Crippen molar-refractivity contribution in [3.63, 3.8) is 0 Å². The van der Waals surface area contributed by atoms with Crippen molar-refractivity contribution in [3.05, 3.63) is 28.2 Å². The van der Waals surface area contributed by atoms with Crippen molar-refractivity contribution in [1.82, 2.24) is 20.5 Å². The summed E-state index contributed by atoms with van der Waals surface area (Å²) in [4.78, 5) is 30.1. The van der Waals surface area contributed by atoms with Crippen molar-refractivity contribution in [2.45, 2.75) is 24.8 Å². The lowest BCUT2D eigenvalue weighted by atomic mass is 10.2. The molecular formula is C16H17ClN4O2S. The molecule has 2 aliphatic rings. The first kappa shape index (κ1) is 15.7. The molecule has 0 bridgehead atoms. The number of urea groups is 1. The third kappa shape index (κ3) is 3.18. The van der Waals surface area contributed by atoms with E-state index >= 15 is 0 Å². The van der Waals surface area contributed by atoms with Gasteiger partial charge in [-0.2, -0.15) is 0 Å². The molecule has 1 saturated carbocycles. The molecule has 1 spiro atoms. The van der Waals surface area contributed by atoms with E-state index in [1.54, 1.807) is 16.2 Å². The van der Waals surface area contributed by atoms with Crippen LogP contribution in [0.25, 0.3) is 10.2 Å². The average Bonchev–Trinajstić information content (AvgIpc) is 3.13. The molecule has 6 nitrogen and oxygen atoms in total. The van der Waals surface area contributed by atoms with Crippen molar-refractivity contribution in [1.29, 1.82) is 0 Å². The topological polar surface area (TPSA) is 74.3 Å². The third-order valence-electron chi connectivity index (χ3n) is 4.38. The second kappa shape index (κ2) is 5.89. The van der Waals surface area contributed by atoms with E-state index in [9.17, 15) is 9.59 Å². The number of carbonyl (C=O) groups excluding carboxylic acids is 2. The van der Waals surface area contributed by atoms with Gasteiger partial charge in [0.25, 0.3) is 0 Å². The minimum absolute atomic E-state index is 0.0723. The van der Waals surface area contributed by atoms with Gasteiger partial charge >= 0.3 is 6.03 Å². The zero-order valence-electron chi connectivity index (χ0n) is 13.0. The Labute approximate surface area is 148 Å². The Morgan fingerprint density at radius 1 is 1.46 bits per heavy atom. The first-order valence-electron chi connectivity index (χ1n) is 7.92. The van der Waals surface area contributed by atoms with Crippen LogP contribution in [0.4, 0.5) is 4.79 Å². The molecule has 0 unspecified atom stereocenters. The van der Waals surface area contributed by atoms with Crippen LogP contribution < -0.4 is 10.6 Å². The summed E-state index contributed by atoms with van der Waals surface area (Å²) in [5.74, 6) is -0.0723. The van der Waals surface area contributed by atoms with E-state index in [4.69, 9.17) is 11.6 Å². The number of aromatic nitrogens is 1. The Balaban J connectivity index is 1.32. The lowest BCUT2D eigenvalue weighted by Crippen LogP contribution is -2.59. The maximum absolute atomic E-state index is 12.3. The molecule has 4 rings (SSSR count). The molecule has 2 heterocycles. The van der Waals surface area contributed by atoms with E-state index < -0.39 is 0 Å². The zero-order valence-corrected chi connectivity index (χ0v) is 14.5. The van der Waals surface area contributed by atoms with Crippen LogP contribution in [0.5, 0.6) is 0 Å². The summed E-state index contributed by atoms with van der Waals surface area (Å²) in [7, 11) is 0. The maximum atomic E-state index is 12.3. The molecule has 126 valence electrons. The van der Waals surface area contributed by atoms with Crippen molar-refractivity contribution < 1.29 is 9.59 Å². The summed E-state index contributed by atoms with van der Waals surface area (Å²) in [6.45, 7) is 1.23. The van der Waals surface area contributed by atoms with Crippen LogP contribution in [0.15, 0.2) is 18.2 Å². The van der Waals surface area contributed by atoms with Gasteiger partial charge in [-0.1, -0.05) is 11.6 Å². The summed E-state index contributed by atoms with van der Waals surface area (Å²) in [6, 6.07) is 5.47. The van der Waals surface area contributed by atoms with Crippen LogP contribution in [0.3, 0.4) is 0 Å². The van der Waals surface area contributed by atoms with Crippen molar-refractivity contribution in [3.8, 4) is 0 Å². The summed E-state index contributed by atoms with van der Waals surface area (Å²) >= 11 is 7.57. The predicted molar refractivity (Wildman–Crippen MR) is 93.4 cm³/mol. The number of nitrogens with one attached hydrogen (secondary N) is 2. The standard InChI is InChI=1S/C16H17ClN4O2S/c17-10-1-2-12-11(7-10)19-14(24-12)3-6-18-15(23)21-8-13(22)20-16(9-21)4-5-16/h1-2,7H,3-6,8-9H2,(H,18,23)(H,20,22). The Kier molecular flexibility index (Phi) is 3.85. The van der Waals surface area contributed by atoms with Crippen LogP contribution in [0, 0.1) is 0 Å². The van der Waals surface area contributed by atoms with Gasteiger partial charge in [0.1, 0.15) is 6.54 Å². The van der Waals surface area contributed by atoms with Gasteiger partial charge in [-0.15, -0.1) is 11.3 Å². The van der Waals surface area contributed by atoms with Crippen molar-refractivity contribution in [2.24, 2.45) is 0 Å². The van der Waals surface area contributed by atoms with Crippen molar-refractivity contribution >= 4 is 45.1 Å². The van der Waals surface area contributed by atoms with E-state index in [1.807, 2.05) is 18.2 Å². The molecule has 1 aromatic heterocycles. The lowest BCUT2D eigenvalue weighted by Gasteiger charge is -2.33. The van der Waals surface area contributed by atoms with Gasteiger partial charge in [0.15, 0.2) is 0 Å². The normalized spacial score (nSPS) is 18.7. The molecule has 1 aliphatic carbocycles. The highest BCUT2D eigenvalue weighted by molar-refractivity contribution is 7.18. The van der Waals surface area contributed by atoms with Crippen LogP contribution in [-0.2, 0) is 11.2 Å². The number of benzene rings is 1. The third-order valence-corrected chi connectivity index (χ3v) is 5.71. The summed E-state index contributed by atoms with van der Waals surface area (Å²) in [5.41, 5.74) is 0.733. The Bertz CT molecular complexity index is 818. The van der Waals surface area contributed by atoms with E-state index in [0.717, 1.165) is 28.1 Å². The molecule has 24 heavy (non-hydrogen) atoms. The highest BCUT2D eigenvalue weighted by Crippen LogP contribution is 2.37. The van der Waals surface area contributed by atoms with E-state index in [2.05, 4.69) is 15.6 Å². The molecular weight excluding hydrogens is 348 g/mol. The predicted octanol–water partition coefficient (Wildman–Crippen LogP) is 2.17. The largest absolute Gasteiger partial charge is 0.347 e. The smallest absolute Gasteiger partial charge is 0.317 e. The van der Waals surface area contributed by atoms with Gasteiger partial charge < -0.3 is 15.5 Å². The fourth-order valence-electron chi connectivity index (χ4n) is 2.99. The molecule has 1 aromatic carbocycles. The second-order valence-electron chi connectivity index (χ2n) is 6.39.